The predicted molar refractivity (Wildman–Crippen MR) is 238 cm³/mol. The standard InChI is InChI=1S/C25H25N3O4S.C20H21BrN2O4S/c1-15-24(16(2)32-28-15)19-10-22-21(12-20(25(29)27-22)18-8-5-9-26-13-18)23(11-19)33(30,31)14-17-6-3-4-7-17;1-11-19(12(2)27-23-11)14-7-17-15(9-16(21)20(24)22-17)18(8-14)28(25,26)10-13-5-3-4-6-13/h5,8-13,17H,3-4,6-7,14H2,1-2H3,(H,27,29);7-9,13H,3-6,10H2,1-2H3,(H,22,24). The Labute approximate surface area is 361 Å². The largest absolute Gasteiger partial charge is 0.361 e. The summed E-state index contributed by atoms with van der Waals surface area (Å²) in [6.45, 7) is 7.21. The van der Waals surface area contributed by atoms with Crippen molar-refractivity contribution in [3.8, 4) is 33.4 Å². The number of sulfone groups is 2. The minimum atomic E-state index is -3.61. The van der Waals surface area contributed by atoms with Crippen LogP contribution >= 0.6 is 15.9 Å². The van der Waals surface area contributed by atoms with Crippen LogP contribution in [0.3, 0.4) is 0 Å². The van der Waals surface area contributed by atoms with E-state index >= 15 is 0 Å². The Morgan fingerprint density at radius 2 is 1.13 bits per heavy atom. The van der Waals surface area contributed by atoms with E-state index in [-0.39, 0.29) is 44.3 Å². The fourth-order valence-electron chi connectivity index (χ4n) is 9.02. The number of hydrogen-bond donors (Lipinski definition) is 2. The molecule has 61 heavy (non-hydrogen) atoms. The van der Waals surface area contributed by atoms with Gasteiger partial charge in [-0.3, -0.25) is 14.6 Å². The number of fused-ring (bicyclic) bond motifs is 2. The van der Waals surface area contributed by atoms with Crippen molar-refractivity contribution in [1.82, 2.24) is 25.3 Å². The number of hydrogen-bond acceptors (Lipinski definition) is 11. The van der Waals surface area contributed by atoms with Gasteiger partial charge in [-0.25, -0.2) is 16.8 Å². The molecule has 2 aliphatic carbocycles. The number of H-pyrrole nitrogens is 2. The average Bonchev–Trinajstić information content (AvgIpc) is 4.05. The lowest BCUT2D eigenvalue weighted by Gasteiger charge is -2.15. The molecule has 0 spiro atoms. The predicted octanol–water partition coefficient (Wildman–Crippen LogP) is 9.35. The van der Waals surface area contributed by atoms with Crippen molar-refractivity contribution in [2.75, 3.05) is 11.5 Å². The minimum absolute atomic E-state index is 0.106. The summed E-state index contributed by atoms with van der Waals surface area (Å²) in [5.74, 6) is 1.79. The van der Waals surface area contributed by atoms with Gasteiger partial charge in [0.15, 0.2) is 19.7 Å². The number of halogens is 1. The smallest absolute Gasteiger partial charge is 0.262 e. The molecule has 2 saturated carbocycles. The molecule has 0 unspecified atom stereocenters. The zero-order chi connectivity index (χ0) is 43.2. The lowest BCUT2D eigenvalue weighted by atomic mass is 10.0. The SMILES string of the molecule is Cc1noc(C)c1-c1cc(S(=O)(=O)CC2CCCC2)c2cc(-c3cccnc3)c(=O)[nH]c2c1.Cc1noc(C)c1-c1cc(S(=O)(=O)CC2CCCC2)c2cc(Br)c(=O)[nH]c2c1. The number of rotatable bonds is 9. The van der Waals surface area contributed by atoms with Crippen LogP contribution in [0.5, 0.6) is 0 Å². The van der Waals surface area contributed by atoms with Gasteiger partial charge >= 0.3 is 0 Å². The Balaban J connectivity index is 0.000000171. The van der Waals surface area contributed by atoms with E-state index in [0.29, 0.717) is 71.4 Å². The van der Waals surface area contributed by atoms with Crippen LogP contribution in [0, 0.1) is 39.5 Å². The molecule has 0 atom stereocenters. The molecule has 5 heterocycles. The van der Waals surface area contributed by atoms with Gasteiger partial charge < -0.3 is 19.0 Å². The van der Waals surface area contributed by atoms with Gasteiger partial charge in [0.1, 0.15) is 11.5 Å². The van der Waals surface area contributed by atoms with E-state index in [1.165, 1.54) is 0 Å². The van der Waals surface area contributed by atoms with Crippen LogP contribution in [0.2, 0.25) is 0 Å². The second kappa shape index (κ2) is 16.9. The monoisotopic (exact) mass is 927 g/mol. The van der Waals surface area contributed by atoms with E-state index in [1.807, 2.05) is 13.8 Å². The molecule has 9 rings (SSSR count). The Hall–Kier alpha value is -5.19. The number of pyridine rings is 3. The van der Waals surface area contributed by atoms with Crippen LogP contribution in [-0.2, 0) is 19.7 Å². The molecule has 2 N–H and O–H groups in total. The van der Waals surface area contributed by atoms with E-state index in [2.05, 4.69) is 41.2 Å². The zero-order valence-electron chi connectivity index (χ0n) is 34.3. The maximum Gasteiger partial charge on any atom is 0.262 e. The fraction of sp³-hybridized carbons (Fsp3) is 0.356. The van der Waals surface area contributed by atoms with Crippen molar-refractivity contribution in [3.05, 3.63) is 109 Å². The quantitative estimate of drug-likeness (QED) is 0.140. The first-order chi connectivity index (χ1) is 29.1. The number of aromatic amines is 2. The van der Waals surface area contributed by atoms with Crippen molar-refractivity contribution in [2.24, 2.45) is 11.8 Å². The lowest BCUT2D eigenvalue weighted by molar-refractivity contribution is 0.393. The molecule has 0 bridgehead atoms. The van der Waals surface area contributed by atoms with Gasteiger partial charge in [0, 0.05) is 45.4 Å². The van der Waals surface area contributed by atoms with Crippen LogP contribution in [0.1, 0.15) is 74.3 Å². The van der Waals surface area contributed by atoms with Crippen LogP contribution in [-0.4, -0.2) is 53.6 Å². The summed E-state index contributed by atoms with van der Waals surface area (Å²) in [7, 11) is -7.14. The Bertz CT molecular complexity index is 3100. The highest BCUT2D eigenvalue weighted by molar-refractivity contribution is 9.10. The molecule has 0 aliphatic heterocycles. The molecule has 5 aromatic heterocycles. The first kappa shape index (κ1) is 42.5. The molecule has 7 aromatic rings. The Morgan fingerprint density at radius 3 is 1.57 bits per heavy atom. The Morgan fingerprint density at radius 1 is 0.656 bits per heavy atom. The van der Waals surface area contributed by atoms with Crippen LogP contribution < -0.4 is 11.1 Å². The third kappa shape index (κ3) is 8.67. The Kier molecular flexibility index (Phi) is 11.8. The second-order valence-corrected chi connectivity index (χ2v) is 21.2. The van der Waals surface area contributed by atoms with E-state index in [1.54, 1.807) is 74.8 Å². The van der Waals surface area contributed by atoms with Crippen molar-refractivity contribution in [2.45, 2.75) is 88.9 Å². The van der Waals surface area contributed by atoms with E-state index in [9.17, 15) is 26.4 Å². The summed E-state index contributed by atoms with van der Waals surface area (Å²) in [5.41, 5.74) is 5.54. The van der Waals surface area contributed by atoms with E-state index in [0.717, 1.165) is 62.5 Å². The molecule has 2 fully saturated rings. The molecule has 13 nitrogen and oxygen atoms in total. The normalized spacial score (nSPS) is 15.2. The average molecular weight is 929 g/mol. The number of aryl methyl sites for hydroxylation is 4. The topological polar surface area (TPSA) is 199 Å². The lowest BCUT2D eigenvalue weighted by Crippen LogP contribution is -2.16. The van der Waals surface area contributed by atoms with Gasteiger partial charge in [-0.05, 0) is 135 Å². The molecule has 0 amide bonds. The van der Waals surface area contributed by atoms with Gasteiger partial charge in [0.25, 0.3) is 11.1 Å². The summed E-state index contributed by atoms with van der Waals surface area (Å²) in [6, 6.07) is 13.8. The maximum atomic E-state index is 13.7. The van der Waals surface area contributed by atoms with E-state index in [4.69, 9.17) is 9.05 Å². The summed E-state index contributed by atoms with van der Waals surface area (Å²) in [4.78, 5) is 35.3. The number of benzene rings is 2. The van der Waals surface area contributed by atoms with Gasteiger partial charge in [0.2, 0.25) is 0 Å². The molecule has 0 saturated heterocycles. The molecule has 2 aliphatic rings. The first-order valence-corrected chi connectivity index (χ1v) is 24.5. The van der Waals surface area contributed by atoms with E-state index < -0.39 is 19.7 Å². The summed E-state index contributed by atoms with van der Waals surface area (Å²) in [6.07, 6.45) is 11.3. The van der Waals surface area contributed by atoms with Crippen molar-refractivity contribution < 1.29 is 25.9 Å². The summed E-state index contributed by atoms with van der Waals surface area (Å²) in [5, 5.41) is 9.01. The number of nitrogens with one attached hydrogen (secondary N) is 2. The van der Waals surface area contributed by atoms with Crippen LogP contribution in [0.4, 0.5) is 0 Å². The molecule has 16 heteroatoms. The molecule has 318 valence electrons. The zero-order valence-corrected chi connectivity index (χ0v) is 37.5. The molecule has 2 aromatic carbocycles. The third-order valence-electron chi connectivity index (χ3n) is 11.9. The second-order valence-electron chi connectivity index (χ2n) is 16.3. The minimum Gasteiger partial charge on any atom is -0.361 e. The van der Waals surface area contributed by atoms with Crippen LogP contribution in [0.25, 0.3) is 55.2 Å². The van der Waals surface area contributed by atoms with Crippen molar-refractivity contribution in [1.29, 1.82) is 0 Å². The number of aromatic nitrogens is 5. The van der Waals surface area contributed by atoms with Crippen LogP contribution in [0.15, 0.2) is 93.8 Å². The molecular formula is C45H46BrN5O8S2. The maximum absolute atomic E-state index is 13.7. The highest BCUT2D eigenvalue weighted by atomic mass is 79.9. The van der Waals surface area contributed by atoms with Gasteiger partial charge in [-0.2, -0.15) is 0 Å². The molecular weight excluding hydrogens is 883 g/mol. The van der Waals surface area contributed by atoms with Gasteiger partial charge in [-0.15, -0.1) is 0 Å². The summed E-state index contributed by atoms with van der Waals surface area (Å²) < 4.78 is 64.9. The van der Waals surface area contributed by atoms with Gasteiger partial charge in [-0.1, -0.05) is 42.1 Å². The highest BCUT2D eigenvalue weighted by Gasteiger charge is 2.29. The summed E-state index contributed by atoms with van der Waals surface area (Å²) >= 11 is 3.22. The first-order valence-electron chi connectivity index (χ1n) is 20.4. The molecule has 0 radical (unpaired) electrons. The fourth-order valence-corrected chi connectivity index (χ4v) is 13.2. The van der Waals surface area contributed by atoms with Crippen molar-refractivity contribution in [3.63, 3.8) is 0 Å². The highest BCUT2D eigenvalue weighted by Crippen LogP contribution is 2.38. The third-order valence-corrected chi connectivity index (χ3v) is 16.4. The number of nitrogens with zero attached hydrogens (tertiary/aromatic N) is 3. The van der Waals surface area contributed by atoms with Crippen molar-refractivity contribution >= 4 is 57.4 Å². The van der Waals surface area contributed by atoms with Gasteiger partial charge in [0.05, 0.1) is 48.2 Å².